The van der Waals surface area contributed by atoms with E-state index in [0.29, 0.717) is 0 Å². The minimum atomic E-state index is -1.02. The number of aromatic carboxylic acids is 1. The van der Waals surface area contributed by atoms with Crippen LogP contribution in [0.15, 0.2) is 66.9 Å². The lowest BCUT2D eigenvalue weighted by Crippen LogP contribution is -1.99. The van der Waals surface area contributed by atoms with Gasteiger partial charge in [0.2, 0.25) is 0 Å². The first-order valence-electron chi connectivity index (χ1n) is 7.01. The summed E-state index contributed by atoms with van der Waals surface area (Å²) < 4.78 is 0. The molecule has 0 aliphatic rings. The number of nitrogens with zero attached hydrogens (tertiary/aromatic N) is 1. The second-order valence-corrected chi connectivity index (χ2v) is 5.13. The minimum absolute atomic E-state index is 0.0544. The van der Waals surface area contributed by atoms with Crippen molar-refractivity contribution < 1.29 is 9.90 Å². The molecule has 3 aromatic rings. The molecule has 1 N–H and O–H groups in total. The monoisotopic (exact) mass is 289 g/mol. The molecule has 2 aromatic carbocycles. The van der Waals surface area contributed by atoms with E-state index in [1.807, 2.05) is 30.3 Å². The summed E-state index contributed by atoms with van der Waals surface area (Å²) in [6.07, 6.45) is 1.53. The van der Waals surface area contributed by atoms with Crippen molar-refractivity contribution in [3.63, 3.8) is 0 Å². The van der Waals surface area contributed by atoms with Gasteiger partial charge in [0.15, 0.2) is 0 Å². The van der Waals surface area contributed by atoms with Crippen molar-refractivity contribution in [2.75, 3.05) is 0 Å². The summed E-state index contributed by atoms with van der Waals surface area (Å²) in [5.74, 6) is -1.02. The maximum absolute atomic E-state index is 11.1. The average molecular weight is 289 g/mol. The molecule has 3 rings (SSSR count). The first-order chi connectivity index (χ1) is 10.6. The minimum Gasteiger partial charge on any atom is -0.477 e. The SMILES string of the molecule is Cc1ccccc1-c1cccc(-c2ccnc(C(=O)O)c2)c1. The van der Waals surface area contributed by atoms with E-state index in [0.717, 1.165) is 16.7 Å². The van der Waals surface area contributed by atoms with Crippen LogP contribution in [-0.4, -0.2) is 16.1 Å². The lowest BCUT2D eigenvalue weighted by Gasteiger charge is -2.09. The van der Waals surface area contributed by atoms with E-state index in [1.165, 1.54) is 17.3 Å². The van der Waals surface area contributed by atoms with Gasteiger partial charge in [-0.1, -0.05) is 42.5 Å². The van der Waals surface area contributed by atoms with E-state index < -0.39 is 5.97 Å². The number of carboxylic acid groups (broad SMARTS) is 1. The molecular weight excluding hydrogens is 274 g/mol. The Hall–Kier alpha value is -2.94. The molecule has 0 aliphatic heterocycles. The van der Waals surface area contributed by atoms with Gasteiger partial charge in [-0.05, 0) is 52.9 Å². The Morgan fingerprint density at radius 2 is 1.64 bits per heavy atom. The summed E-state index contributed by atoms with van der Waals surface area (Å²) >= 11 is 0. The van der Waals surface area contributed by atoms with E-state index >= 15 is 0 Å². The molecule has 1 aromatic heterocycles. The van der Waals surface area contributed by atoms with Crippen LogP contribution in [-0.2, 0) is 0 Å². The predicted molar refractivity (Wildman–Crippen MR) is 86.8 cm³/mol. The van der Waals surface area contributed by atoms with E-state index in [9.17, 15) is 4.79 Å². The maximum atomic E-state index is 11.1. The summed E-state index contributed by atoms with van der Waals surface area (Å²) in [6.45, 7) is 2.08. The van der Waals surface area contributed by atoms with Gasteiger partial charge in [-0.2, -0.15) is 0 Å². The van der Waals surface area contributed by atoms with E-state index in [1.54, 1.807) is 6.07 Å². The number of carbonyl (C=O) groups is 1. The van der Waals surface area contributed by atoms with E-state index in [2.05, 4.69) is 36.2 Å². The molecule has 3 heteroatoms. The molecule has 0 amide bonds. The molecule has 22 heavy (non-hydrogen) atoms. The third-order valence-corrected chi connectivity index (χ3v) is 3.63. The first-order valence-corrected chi connectivity index (χ1v) is 7.01. The van der Waals surface area contributed by atoms with Crippen LogP contribution in [0.1, 0.15) is 16.1 Å². The standard InChI is InChI=1S/C19H15NO2/c1-13-5-2-3-8-17(13)16-7-4-6-14(11-16)15-9-10-20-18(12-15)19(21)22/h2-12H,1H3,(H,21,22). The van der Waals surface area contributed by atoms with Gasteiger partial charge in [0.05, 0.1) is 0 Å². The number of pyridine rings is 1. The third kappa shape index (κ3) is 2.74. The molecule has 0 spiro atoms. The zero-order valence-corrected chi connectivity index (χ0v) is 12.2. The highest BCUT2D eigenvalue weighted by Gasteiger charge is 2.08. The van der Waals surface area contributed by atoms with Crippen LogP contribution in [0.3, 0.4) is 0 Å². The van der Waals surface area contributed by atoms with Gasteiger partial charge in [0.1, 0.15) is 5.69 Å². The molecular formula is C19H15NO2. The molecule has 0 saturated carbocycles. The zero-order chi connectivity index (χ0) is 15.5. The molecule has 0 bridgehead atoms. The maximum Gasteiger partial charge on any atom is 0.354 e. The molecule has 0 atom stereocenters. The highest BCUT2D eigenvalue weighted by atomic mass is 16.4. The average Bonchev–Trinajstić information content (AvgIpc) is 2.55. The van der Waals surface area contributed by atoms with Crippen LogP contribution >= 0.6 is 0 Å². The number of benzene rings is 2. The third-order valence-electron chi connectivity index (χ3n) is 3.63. The Kier molecular flexibility index (Phi) is 3.71. The number of hydrogen-bond acceptors (Lipinski definition) is 2. The second kappa shape index (κ2) is 5.82. The zero-order valence-electron chi connectivity index (χ0n) is 12.2. The summed E-state index contributed by atoms with van der Waals surface area (Å²) in [7, 11) is 0. The summed E-state index contributed by atoms with van der Waals surface area (Å²) in [4.78, 5) is 14.9. The van der Waals surface area contributed by atoms with Crippen LogP contribution in [0, 0.1) is 6.92 Å². The number of rotatable bonds is 3. The Balaban J connectivity index is 2.07. The topological polar surface area (TPSA) is 50.2 Å². The van der Waals surface area contributed by atoms with Gasteiger partial charge >= 0.3 is 5.97 Å². The van der Waals surface area contributed by atoms with Gasteiger partial charge < -0.3 is 5.11 Å². The Bertz CT molecular complexity index is 840. The van der Waals surface area contributed by atoms with Crippen LogP contribution in [0.4, 0.5) is 0 Å². The highest BCUT2D eigenvalue weighted by molar-refractivity contribution is 5.87. The van der Waals surface area contributed by atoms with Crippen molar-refractivity contribution in [2.24, 2.45) is 0 Å². The molecule has 108 valence electrons. The molecule has 0 radical (unpaired) electrons. The molecule has 0 unspecified atom stereocenters. The van der Waals surface area contributed by atoms with Gasteiger partial charge in [-0.25, -0.2) is 9.78 Å². The van der Waals surface area contributed by atoms with Gasteiger partial charge in [-0.3, -0.25) is 0 Å². The van der Waals surface area contributed by atoms with Crippen molar-refractivity contribution in [1.82, 2.24) is 4.98 Å². The highest BCUT2D eigenvalue weighted by Crippen LogP contribution is 2.28. The summed E-state index contributed by atoms with van der Waals surface area (Å²) in [5.41, 5.74) is 5.38. The fourth-order valence-electron chi connectivity index (χ4n) is 2.49. The smallest absolute Gasteiger partial charge is 0.354 e. The number of aromatic nitrogens is 1. The van der Waals surface area contributed by atoms with Crippen LogP contribution in [0.25, 0.3) is 22.3 Å². The molecule has 0 saturated heterocycles. The van der Waals surface area contributed by atoms with Crippen LogP contribution < -0.4 is 0 Å². The van der Waals surface area contributed by atoms with Crippen molar-refractivity contribution in [2.45, 2.75) is 6.92 Å². The van der Waals surface area contributed by atoms with E-state index in [4.69, 9.17) is 5.11 Å². The molecule has 1 heterocycles. The normalized spacial score (nSPS) is 10.4. The van der Waals surface area contributed by atoms with Crippen molar-refractivity contribution >= 4 is 5.97 Å². The van der Waals surface area contributed by atoms with Crippen LogP contribution in [0.5, 0.6) is 0 Å². The Labute approximate surface area is 128 Å². The van der Waals surface area contributed by atoms with Crippen molar-refractivity contribution in [1.29, 1.82) is 0 Å². The van der Waals surface area contributed by atoms with Crippen LogP contribution in [0.2, 0.25) is 0 Å². The van der Waals surface area contributed by atoms with Crippen molar-refractivity contribution in [3.8, 4) is 22.3 Å². The first kappa shape index (κ1) is 14.0. The number of carboxylic acids is 1. The summed E-state index contributed by atoms with van der Waals surface area (Å²) in [6, 6.07) is 19.7. The lowest BCUT2D eigenvalue weighted by molar-refractivity contribution is 0.0690. The molecule has 0 aliphatic carbocycles. The van der Waals surface area contributed by atoms with Gasteiger partial charge in [0.25, 0.3) is 0 Å². The fraction of sp³-hybridized carbons (Fsp3) is 0.0526. The largest absolute Gasteiger partial charge is 0.477 e. The van der Waals surface area contributed by atoms with Gasteiger partial charge in [0, 0.05) is 6.20 Å². The quantitative estimate of drug-likeness (QED) is 0.776. The molecule has 3 nitrogen and oxygen atoms in total. The Morgan fingerprint density at radius 3 is 2.41 bits per heavy atom. The van der Waals surface area contributed by atoms with Gasteiger partial charge in [-0.15, -0.1) is 0 Å². The second-order valence-electron chi connectivity index (χ2n) is 5.13. The molecule has 0 fully saturated rings. The van der Waals surface area contributed by atoms with Crippen molar-refractivity contribution in [3.05, 3.63) is 78.1 Å². The van der Waals surface area contributed by atoms with E-state index in [-0.39, 0.29) is 5.69 Å². The number of aryl methyl sites for hydroxylation is 1. The number of hydrogen-bond donors (Lipinski definition) is 1. The lowest BCUT2D eigenvalue weighted by atomic mass is 9.96. The summed E-state index contributed by atoms with van der Waals surface area (Å²) in [5, 5.41) is 9.06. The predicted octanol–water partition coefficient (Wildman–Crippen LogP) is 4.42. The Morgan fingerprint density at radius 1 is 0.909 bits per heavy atom. The fourth-order valence-corrected chi connectivity index (χ4v) is 2.49.